The lowest BCUT2D eigenvalue weighted by Gasteiger charge is -2.24. The van der Waals surface area contributed by atoms with Gasteiger partial charge in [-0.05, 0) is 55.9 Å². The summed E-state index contributed by atoms with van der Waals surface area (Å²) >= 11 is 0. The van der Waals surface area contributed by atoms with Gasteiger partial charge in [-0.1, -0.05) is 12.1 Å². The smallest absolute Gasteiger partial charge is 0.248 e. The van der Waals surface area contributed by atoms with E-state index in [4.69, 9.17) is 5.73 Å². The van der Waals surface area contributed by atoms with Gasteiger partial charge >= 0.3 is 0 Å². The van der Waals surface area contributed by atoms with E-state index in [-0.39, 0.29) is 11.7 Å². The second kappa shape index (κ2) is 7.70. The number of nitrogens with one attached hydrogen (secondary N) is 1. The number of nitrogens with two attached hydrogens (primary N) is 1. The van der Waals surface area contributed by atoms with Crippen LogP contribution in [0.3, 0.4) is 0 Å². The summed E-state index contributed by atoms with van der Waals surface area (Å²) in [5, 5.41) is 2.78. The number of halogens is 1. The van der Waals surface area contributed by atoms with Crippen molar-refractivity contribution in [3.05, 3.63) is 65.5 Å². The van der Waals surface area contributed by atoms with Crippen LogP contribution < -0.4 is 11.1 Å². The van der Waals surface area contributed by atoms with E-state index in [0.717, 1.165) is 5.56 Å². The summed E-state index contributed by atoms with van der Waals surface area (Å²) in [6.45, 7) is 2.22. The molecule has 0 aromatic heterocycles. The van der Waals surface area contributed by atoms with Gasteiger partial charge in [0, 0.05) is 17.8 Å². The van der Waals surface area contributed by atoms with Crippen LogP contribution in [0.4, 0.5) is 10.1 Å². The fourth-order valence-corrected chi connectivity index (χ4v) is 2.22. The van der Waals surface area contributed by atoms with Crippen LogP contribution in [0.15, 0.2) is 48.5 Å². The molecule has 0 radical (unpaired) electrons. The van der Waals surface area contributed by atoms with E-state index in [1.54, 1.807) is 44.3 Å². The number of likely N-dealkylation sites (N-methyl/N-ethyl adjacent to an activating group) is 1. The summed E-state index contributed by atoms with van der Waals surface area (Å²) in [5.74, 6) is -1.01. The molecule has 0 fully saturated rings. The first kappa shape index (κ1) is 17.6. The van der Waals surface area contributed by atoms with Crippen molar-refractivity contribution in [1.29, 1.82) is 0 Å². The summed E-state index contributed by atoms with van der Waals surface area (Å²) in [7, 11) is 1.80. The predicted molar refractivity (Wildman–Crippen MR) is 90.9 cm³/mol. The molecule has 0 aliphatic heterocycles. The highest BCUT2D eigenvalue weighted by Crippen LogP contribution is 2.12. The highest BCUT2D eigenvalue weighted by atomic mass is 19.1. The molecule has 0 heterocycles. The number of benzene rings is 2. The summed E-state index contributed by atoms with van der Waals surface area (Å²) in [6, 6.07) is 12.2. The second-order valence-electron chi connectivity index (χ2n) is 5.65. The van der Waals surface area contributed by atoms with Crippen molar-refractivity contribution in [2.24, 2.45) is 5.73 Å². The van der Waals surface area contributed by atoms with E-state index in [9.17, 15) is 14.0 Å². The molecule has 5 nitrogen and oxygen atoms in total. The van der Waals surface area contributed by atoms with Crippen LogP contribution in [0.2, 0.25) is 0 Å². The molecule has 2 aromatic carbocycles. The second-order valence-corrected chi connectivity index (χ2v) is 5.65. The Morgan fingerprint density at radius 1 is 1.21 bits per heavy atom. The summed E-state index contributed by atoms with van der Waals surface area (Å²) < 4.78 is 13.2. The van der Waals surface area contributed by atoms with Crippen molar-refractivity contribution in [3.8, 4) is 0 Å². The maximum atomic E-state index is 13.2. The average molecular weight is 329 g/mol. The Hall–Kier alpha value is -2.73. The maximum Gasteiger partial charge on any atom is 0.248 e. The van der Waals surface area contributed by atoms with Gasteiger partial charge in [-0.15, -0.1) is 0 Å². The summed E-state index contributed by atoms with van der Waals surface area (Å²) in [4.78, 5) is 25.2. The SMILES string of the molecule is C[C@@H](C(=O)Nc1ccc(C(N)=O)cc1)N(C)Cc1cccc(F)c1. The first-order chi connectivity index (χ1) is 11.4. The van der Waals surface area contributed by atoms with E-state index in [1.807, 2.05) is 11.0 Å². The van der Waals surface area contributed by atoms with Crippen LogP contribution in [0.5, 0.6) is 0 Å². The average Bonchev–Trinajstić information content (AvgIpc) is 2.54. The van der Waals surface area contributed by atoms with Crippen molar-refractivity contribution in [1.82, 2.24) is 4.90 Å². The Labute approximate surface area is 140 Å². The molecule has 0 aliphatic rings. The van der Waals surface area contributed by atoms with Gasteiger partial charge < -0.3 is 11.1 Å². The number of carbonyl (C=O) groups is 2. The van der Waals surface area contributed by atoms with Crippen molar-refractivity contribution in [2.75, 3.05) is 12.4 Å². The standard InChI is InChI=1S/C18H20FN3O2/c1-12(22(2)11-13-4-3-5-15(19)10-13)18(24)21-16-8-6-14(7-9-16)17(20)23/h3-10,12H,11H2,1-2H3,(H2,20,23)(H,21,24)/t12-/m0/s1. The van der Waals surface area contributed by atoms with E-state index in [1.165, 1.54) is 12.1 Å². The molecule has 0 saturated heterocycles. The molecule has 2 amide bonds. The quantitative estimate of drug-likeness (QED) is 0.854. The zero-order valence-electron chi connectivity index (χ0n) is 13.6. The lowest BCUT2D eigenvalue weighted by molar-refractivity contribution is -0.120. The molecule has 2 rings (SSSR count). The zero-order valence-corrected chi connectivity index (χ0v) is 13.6. The number of carbonyl (C=O) groups excluding carboxylic acids is 2. The molecule has 0 bridgehead atoms. The van der Waals surface area contributed by atoms with Crippen LogP contribution >= 0.6 is 0 Å². The van der Waals surface area contributed by atoms with Gasteiger partial charge in [0.15, 0.2) is 0 Å². The molecule has 0 unspecified atom stereocenters. The predicted octanol–water partition coefficient (Wildman–Crippen LogP) is 2.38. The largest absolute Gasteiger partial charge is 0.366 e. The minimum atomic E-state index is -0.518. The third kappa shape index (κ3) is 4.63. The third-order valence-corrected chi connectivity index (χ3v) is 3.80. The molecule has 0 aliphatic carbocycles. The molecule has 2 aromatic rings. The normalized spacial score (nSPS) is 12.0. The molecule has 24 heavy (non-hydrogen) atoms. The lowest BCUT2D eigenvalue weighted by Crippen LogP contribution is -2.39. The van der Waals surface area contributed by atoms with Crippen molar-refractivity contribution < 1.29 is 14.0 Å². The van der Waals surface area contributed by atoms with Crippen molar-refractivity contribution in [3.63, 3.8) is 0 Å². The molecular weight excluding hydrogens is 309 g/mol. The monoisotopic (exact) mass is 329 g/mol. The maximum absolute atomic E-state index is 13.2. The first-order valence-electron chi connectivity index (χ1n) is 7.52. The Kier molecular flexibility index (Phi) is 5.65. The van der Waals surface area contributed by atoms with E-state index in [0.29, 0.717) is 17.8 Å². The lowest BCUT2D eigenvalue weighted by atomic mass is 10.1. The van der Waals surface area contributed by atoms with E-state index in [2.05, 4.69) is 5.32 Å². The fourth-order valence-electron chi connectivity index (χ4n) is 2.22. The Balaban J connectivity index is 1.96. The topological polar surface area (TPSA) is 75.4 Å². The molecule has 0 saturated carbocycles. The molecule has 0 spiro atoms. The summed E-state index contributed by atoms with van der Waals surface area (Å²) in [5.41, 5.74) is 6.93. The number of anilines is 1. The number of hydrogen-bond acceptors (Lipinski definition) is 3. The van der Waals surface area contributed by atoms with Crippen LogP contribution in [0.25, 0.3) is 0 Å². The molecule has 3 N–H and O–H groups in total. The van der Waals surface area contributed by atoms with Gasteiger partial charge in [0.2, 0.25) is 11.8 Å². The van der Waals surface area contributed by atoms with Gasteiger partial charge in [-0.25, -0.2) is 4.39 Å². The van der Waals surface area contributed by atoms with Gasteiger partial charge in [0.1, 0.15) is 5.82 Å². The Bertz CT molecular complexity index is 731. The number of hydrogen-bond donors (Lipinski definition) is 2. The Morgan fingerprint density at radius 2 is 1.88 bits per heavy atom. The summed E-state index contributed by atoms with van der Waals surface area (Å²) in [6.07, 6.45) is 0. The number of primary amides is 1. The van der Waals surface area contributed by atoms with Gasteiger partial charge in [-0.3, -0.25) is 14.5 Å². The minimum absolute atomic E-state index is 0.194. The Morgan fingerprint density at radius 3 is 2.46 bits per heavy atom. The third-order valence-electron chi connectivity index (χ3n) is 3.80. The highest BCUT2D eigenvalue weighted by Gasteiger charge is 2.18. The fraction of sp³-hybridized carbons (Fsp3) is 0.222. The first-order valence-corrected chi connectivity index (χ1v) is 7.52. The minimum Gasteiger partial charge on any atom is -0.366 e. The number of amides is 2. The van der Waals surface area contributed by atoms with E-state index >= 15 is 0 Å². The van der Waals surface area contributed by atoms with Crippen LogP contribution in [0, 0.1) is 5.82 Å². The van der Waals surface area contributed by atoms with Gasteiger partial charge in [-0.2, -0.15) is 0 Å². The molecular formula is C18H20FN3O2. The van der Waals surface area contributed by atoms with Gasteiger partial charge in [0.25, 0.3) is 0 Å². The molecule has 6 heteroatoms. The molecule has 126 valence electrons. The highest BCUT2D eigenvalue weighted by molar-refractivity contribution is 5.96. The van der Waals surface area contributed by atoms with Crippen LogP contribution in [0.1, 0.15) is 22.8 Å². The number of rotatable bonds is 6. The van der Waals surface area contributed by atoms with Crippen LogP contribution in [-0.4, -0.2) is 29.8 Å². The van der Waals surface area contributed by atoms with Crippen molar-refractivity contribution in [2.45, 2.75) is 19.5 Å². The zero-order chi connectivity index (χ0) is 17.7. The van der Waals surface area contributed by atoms with Crippen LogP contribution in [-0.2, 0) is 11.3 Å². The molecule has 1 atom stereocenters. The van der Waals surface area contributed by atoms with Gasteiger partial charge in [0.05, 0.1) is 6.04 Å². The van der Waals surface area contributed by atoms with E-state index < -0.39 is 11.9 Å². The van der Waals surface area contributed by atoms with Crippen molar-refractivity contribution >= 4 is 17.5 Å². The number of nitrogens with zero attached hydrogens (tertiary/aromatic N) is 1.